The number of Topliss-reactive ketones (excluding diaryl/α,β-unsaturated/α-hetero) is 1. The van der Waals surface area contributed by atoms with Gasteiger partial charge in [-0.25, -0.2) is 0 Å². The molecule has 0 aromatic heterocycles. The van der Waals surface area contributed by atoms with E-state index in [1.807, 2.05) is 12.1 Å². The van der Waals surface area contributed by atoms with Crippen LogP contribution in [0.15, 0.2) is 34.5 Å². The lowest BCUT2D eigenvalue weighted by molar-refractivity contribution is -0.0165. The molecule has 3 aliphatic heterocycles. The Labute approximate surface area is 195 Å². The highest BCUT2D eigenvalue weighted by Gasteiger charge is 2.33. The van der Waals surface area contributed by atoms with Gasteiger partial charge in [0.2, 0.25) is 5.78 Å². The van der Waals surface area contributed by atoms with Gasteiger partial charge in [0.15, 0.2) is 12.6 Å². The van der Waals surface area contributed by atoms with Crippen LogP contribution in [0.3, 0.4) is 0 Å². The topological polar surface area (TPSA) is 68.2 Å². The van der Waals surface area contributed by atoms with E-state index in [1.165, 1.54) is 6.42 Å². The number of carbonyl (C=O) groups is 1. The molecule has 0 radical (unpaired) electrons. The number of benzene rings is 2. The van der Waals surface area contributed by atoms with E-state index in [9.17, 15) is 9.90 Å². The van der Waals surface area contributed by atoms with Crippen molar-refractivity contribution in [1.82, 2.24) is 4.90 Å². The van der Waals surface area contributed by atoms with Crippen molar-refractivity contribution in [3.63, 3.8) is 0 Å². The Hall–Kier alpha value is -2.35. The molecule has 32 heavy (non-hydrogen) atoms. The molecule has 3 heterocycles. The van der Waals surface area contributed by atoms with Crippen LogP contribution in [0.1, 0.15) is 47.3 Å². The minimum atomic E-state index is -0.192. The van der Waals surface area contributed by atoms with Gasteiger partial charge in [-0.3, -0.25) is 9.69 Å². The van der Waals surface area contributed by atoms with Crippen LogP contribution in [-0.4, -0.2) is 35.7 Å². The number of ether oxygens (including phenoxy) is 3. The lowest BCUT2D eigenvalue weighted by Gasteiger charge is -2.35. The van der Waals surface area contributed by atoms with E-state index >= 15 is 0 Å². The Bertz CT molecular complexity index is 1100. The van der Waals surface area contributed by atoms with E-state index < -0.39 is 0 Å². The fraction of sp³-hybridized carbons (Fsp3) is 0.400. The van der Waals surface area contributed by atoms with Crippen molar-refractivity contribution in [1.29, 1.82) is 0 Å². The van der Waals surface area contributed by atoms with Gasteiger partial charge in [0.05, 0.1) is 17.7 Å². The van der Waals surface area contributed by atoms with Gasteiger partial charge in [-0.1, -0.05) is 29.8 Å². The van der Waals surface area contributed by atoms with E-state index in [0.717, 1.165) is 28.7 Å². The molecule has 6 nitrogen and oxygen atoms in total. The molecular weight excluding hydrogens is 474 g/mol. The number of likely N-dealkylation sites (tertiary alicyclic amines) is 1. The number of phenolic OH excluding ortho intramolecular Hbond substituents is 1. The van der Waals surface area contributed by atoms with Crippen molar-refractivity contribution in [3.05, 3.63) is 56.8 Å². The zero-order valence-electron chi connectivity index (χ0n) is 18.2. The largest absolute Gasteiger partial charge is 0.507 e. The van der Waals surface area contributed by atoms with E-state index in [1.54, 1.807) is 18.2 Å². The van der Waals surface area contributed by atoms with Crippen molar-refractivity contribution >= 4 is 27.8 Å². The molecule has 3 aliphatic rings. The Morgan fingerprint density at radius 2 is 1.97 bits per heavy atom. The number of fused-ring (bicyclic) bond motifs is 2. The van der Waals surface area contributed by atoms with E-state index in [2.05, 4.69) is 34.7 Å². The van der Waals surface area contributed by atoms with Gasteiger partial charge in [-0.05, 0) is 48.6 Å². The quantitative estimate of drug-likeness (QED) is 0.591. The number of allylic oxidation sites excluding steroid dienone is 1. The third-order valence-corrected chi connectivity index (χ3v) is 6.69. The summed E-state index contributed by atoms with van der Waals surface area (Å²) in [6.07, 6.45) is 2.92. The van der Waals surface area contributed by atoms with E-state index in [0.29, 0.717) is 47.6 Å². The summed E-state index contributed by atoms with van der Waals surface area (Å²) in [5.74, 6) is 2.54. The molecule has 0 aliphatic carbocycles. The molecule has 5 rings (SSSR count). The van der Waals surface area contributed by atoms with Crippen LogP contribution < -0.4 is 9.47 Å². The van der Waals surface area contributed by atoms with Crippen LogP contribution in [-0.2, 0) is 17.9 Å². The van der Waals surface area contributed by atoms with Gasteiger partial charge in [0.1, 0.15) is 17.2 Å². The highest BCUT2D eigenvalue weighted by atomic mass is 79.9. The predicted molar refractivity (Wildman–Crippen MR) is 124 cm³/mol. The maximum Gasteiger partial charge on any atom is 0.231 e. The fourth-order valence-corrected chi connectivity index (χ4v) is 5.57. The first-order chi connectivity index (χ1) is 15.4. The minimum Gasteiger partial charge on any atom is -0.507 e. The van der Waals surface area contributed by atoms with Crippen LogP contribution in [0.4, 0.5) is 0 Å². The van der Waals surface area contributed by atoms with Crippen LogP contribution in [0.5, 0.6) is 17.2 Å². The number of ketones is 1. The van der Waals surface area contributed by atoms with Gasteiger partial charge in [-0.15, -0.1) is 0 Å². The number of piperidine rings is 1. The number of nitrogens with zero attached hydrogens (tertiary/aromatic N) is 1. The van der Waals surface area contributed by atoms with Crippen molar-refractivity contribution < 1.29 is 24.1 Å². The third-order valence-electron chi connectivity index (χ3n) is 6.23. The monoisotopic (exact) mass is 499 g/mol. The van der Waals surface area contributed by atoms with Gasteiger partial charge in [-0.2, -0.15) is 0 Å². The molecule has 2 aromatic carbocycles. The number of halogens is 1. The number of hydrogen-bond donors (Lipinski definition) is 1. The smallest absolute Gasteiger partial charge is 0.231 e. The van der Waals surface area contributed by atoms with Crippen LogP contribution in [0, 0.1) is 11.8 Å². The van der Waals surface area contributed by atoms with Gasteiger partial charge < -0.3 is 19.3 Å². The zero-order chi connectivity index (χ0) is 22.4. The summed E-state index contributed by atoms with van der Waals surface area (Å²) in [6.45, 7) is 7.61. The van der Waals surface area contributed by atoms with Gasteiger partial charge in [0, 0.05) is 35.2 Å². The zero-order valence-corrected chi connectivity index (χ0v) is 19.8. The molecule has 0 amide bonds. The van der Waals surface area contributed by atoms with Crippen molar-refractivity contribution in [3.8, 4) is 17.2 Å². The second-order valence-corrected chi connectivity index (χ2v) is 10.0. The normalized spacial score (nSPS) is 24.1. The summed E-state index contributed by atoms with van der Waals surface area (Å²) in [4.78, 5) is 15.5. The summed E-state index contributed by atoms with van der Waals surface area (Å²) >= 11 is 3.52. The van der Waals surface area contributed by atoms with Crippen molar-refractivity contribution in [2.75, 3.05) is 19.9 Å². The first-order valence-electron chi connectivity index (χ1n) is 10.9. The van der Waals surface area contributed by atoms with Crippen molar-refractivity contribution in [2.45, 2.75) is 33.4 Å². The standard InChI is InChI=1S/C25H26BrNO5/c1-14-5-15(2)10-27(9-14)11-20-21(28)4-3-19-23(29)22(32-25(19)20)8-16-6-18(26)7-17-12-30-13-31-24(16)17/h3-4,6-8,14-15,28H,5,9-13H2,1-2H3/t14-,15-/m0/s1. The number of carbonyl (C=O) groups excluding carboxylic acids is 1. The van der Waals surface area contributed by atoms with Crippen molar-refractivity contribution in [2.24, 2.45) is 11.8 Å². The Morgan fingerprint density at radius 1 is 1.19 bits per heavy atom. The summed E-state index contributed by atoms with van der Waals surface area (Å²) in [7, 11) is 0. The molecule has 1 saturated heterocycles. The maximum atomic E-state index is 13.1. The lowest BCUT2D eigenvalue weighted by atomic mass is 9.91. The number of phenols is 1. The lowest BCUT2D eigenvalue weighted by Crippen LogP contribution is -2.38. The second-order valence-electron chi connectivity index (χ2n) is 9.11. The first-order valence-corrected chi connectivity index (χ1v) is 11.7. The molecule has 0 bridgehead atoms. The molecular formula is C25H26BrNO5. The third kappa shape index (κ3) is 4.05. The molecule has 168 valence electrons. The fourth-order valence-electron chi connectivity index (χ4n) is 5.05. The summed E-state index contributed by atoms with van der Waals surface area (Å²) in [6, 6.07) is 7.07. The van der Waals surface area contributed by atoms with E-state index in [4.69, 9.17) is 14.2 Å². The molecule has 0 saturated carbocycles. The van der Waals surface area contributed by atoms with E-state index in [-0.39, 0.29) is 24.1 Å². The van der Waals surface area contributed by atoms with Crippen LogP contribution in [0.2, 0.25) is 0 Å². The summed E-state index contributed by atoms with van der Waals surface area (Å²) in [5.41, 5.74) is 2.81. The second kappa shape index (κ2) is 8.54. The number of rotatable bonds is 3. The summed E-state index contributed by atoms with van der Waals surface area (Å²) in [5, 5.41) is 10.6. The molecule has 7 heteroatoms. The highest BCUT2D eigenvalue weighted by Crippen LogP contribution is 2.42. The first kappa shape index (κ1) is 21.5. The molecule has 1 fully saturated rings. The van der Waals surface area contributed by atoms with Crippen LogP contribution >= 0.6 is 15.9 Å². The van der Waals surface area contributed by atoms with Crippen LogP contribution in [0.25, 0.3) is 6.08 Å². The molecule has 0 unspecified atom stereocenters. The number of hydrogen-bond acceptors (Lipinski definition) is 6. The summed E-state index contributed by atoms with van der Waals surface area (Å²) < 4.78 is 18.0. The van der Waals surface area contributed by atoms with Gasteiger partial charge >= 0.3 is 0 Å². The predicted octanol–water partition coefficient (Wildman–Crippen LogP) is 5.12. The Kier molecular flexibility index (Phi) is 5.73. The maximum absolute atomic E-state index is 13.1. The van der Waals surface area contributed by atoms with Gasteiger partial charge in [0.25, 0.3) is 0 Å². The Morgan fingerprint density at radius 3 is 2.75 bits per heavy atom. The molecule has 2 atom stereocenters. The average molecular weight is 500 g/mol. The minimum absolute atomic E-state index is 0.156. The SMILES string of the molecule is C[C@H]1C[C@H](C)CN(Cc2c(O)ccc3c2OC(=Cc2cc(Br)cc4c2OCOC4)C3=O)C1. The number of aromatic hydroxyl groups is 1. The molecule has 1 N–H and O–H groups in total. The average Bonchev–Trinajstić information content (AvgIpc) is 3.05. The molecule has 0 spiro atoms. The Balaban J connectivity index is 1.48. The molecule has 2 aromatic rings. The highest BCUT2D eigenvalue weighted by molar-refractivity contribution is 9.10.